The molecular weight excluding hydrogens is 162 g/mol. The molecule has 0 heterocycles. The first-order valence-electron chi connectivity index (χ1n) is 4.80. The van der Waals surface area contributed by atoms with Crippen molar-refractivity contribution in [2.24, 2.45) is 11.7 Å². The highest BCUT2D eigenvalue weighted by Gasteiger charge is 2.21. The molecular formula is C11H15NO. The van der Waals surface area contributed by atoms with Gasteiger partial charge in [-0.1, -0.05) is 12.1 Å². The maximum absolute atomic E-state index is 5.59. The molecule has 1 fully saturated rings. The Hall–Kier alpha value is -1.02. The first-order valence-corrected chi connectivity index (χ1v) is 4.80. The van der Waals surface area contributed by atoms with Crippen LogP contribution in [0, 0.1) is 5.92 Å². The third-order valence-electron chi connectivity index (χ3n) is 2.34. The van der Waals surface area contributed by atoms with E-state index in [1.807, 2.05) is 24.3 Å². The van der Waals surface area contributed by atoms with E-state index in [0.29, 0.717) is 6.54 Å². The van der Waals surface area contributed by atoms with Gasteiger partial charge in [-0.3, -0.25) is 0 Å². The molecule has 0 unspecified atom stereocenters. The lowest BCUT2D eigenvalue weighted by atomic mass is 10.2. The van der Waals surface area contributed by atoms with Gasteiger partial charge in [0.05, 0.1) is 6.61 Å². The van der Waals surface area contributed by atoms with Crippen LogP contribution in [0.15, 0.2) is 24.3 Å². The lowest BCUT2D eigenvalue weighted by Gasteiger charge is -2.05. The number of rotatable bonds is 4. The Labute approximate surface area is 78.7 Å². The standard InChI is InChI=1S/C11H15NO/c12-7-9-3-5-11(6-4-9)13-8-10-1-2-10/h3-6,10H,1-2,7-8,12H2. The van der Waals surface area contributed by atoms with Crippen LogP contribution in [0.2, 0.25) is 0 Å². The van der Waals surface area contributed by atoms with Crippen molar-refractivity contribution in [1.29, 1.82) is 0 Å². The lowest BCUT2D eigenvalue weighted by Crippen LogP contribution is -2.00. The van der Waals surface area contributed by atoms with Gasteiger partial charge in [-0.15, -0.1) is 0 Å². The van der Waals surface area contributed by atoms with E-state index in [4.69, 9.17) is 10.5 Å². The SMILES string of the molecule is NCc1ccc(OCC2CC2)cc1. The molecule has 2 rings (SSSR count). The first kappa shape index (κ1) is 8.57. The Balaban J connectivity index is 1.88. The van der Waals surface area contributed by atoms with E-state index >= 15 is 0 Å². The van der Waals surface area contributed by atoms with Crippen LogP contribution in [0.1, 0.15) is 18.4 Å². The minimum absolute atomic E-state index is 0.600. The van der Waals surface area contributed by atoms with E-state index in [0.717, 1.165) is 23.8 Å². The van der Waals surface area contributed by atoms with E-state index < -0.39 is 0 Å². The second kappa shape index (κ2) is 3.79. The summed E-state index contributed by atoms with van der Waals surface area (Å²) in [5.74, 6) is 1.78. The van der Waals surface area contributed by atoms with Crippen molar-refractivity contribution in [3.8, 4) is 5.75 Å². The van der Waals surface area contributed by atoms with Gasteiger partial charge in [-0.05, 0) is 36.5 Å². The molecule has 2 nitrogen and oxygen atoms in total. The normalized spacial score (nSPS) is 15.8. The minimum Gasteiger partial charge on any atom is -0.493 e. The molecule has 1 aliphatic carbocycles. The van der Waals surface area contributed by atoms with Gasteiger partial charge in [0.25, 0.3) is 0 Å². The molecule has 2 N–H and O–H groups in total. The summed E-state index contributed by atoms with van der Waals surface area (Å²) in [5, 5.41) is 0. The van der Waals surface area contributed by atoms with Crippen molar-refractivity contribution >= 4 is 0 Å². The molecule has 70 valence electrons. The van der Waals surface area contributed by atoms with Crippen LogP contribution < -0.4 is 10.5 Å². The van der Waals surface area contributed by atoms with Crippen molar-refractivity contribution in [2.45, 2.75) is 19.4 Å². The van der Waals surface area contributed by atoms with Gasteiger partial charge in [-0.25, -0.2) is 0 Å². The molecule has 0 amide bonds. The van der Waals surface area contributed by atoms with Gasteiger partial charge < -0.3 is 10.5 Å². The van der Waals surface area contributed by atoms with Crippen molar-refractivity contribution in [3.63, 3.8) is 0 Å². The van der Waals surface area contributed by atoms with Crippen LogP contribution in [-0.2, 0) is 6.54 Å². The summed E-state index contributed by atoms with van der Waals surface area (Å²) in [6.45, 7) is 1.48. The third kappa shape index (κ3) is 2.46. The second-order valence-electron chi connectivity index (χ2n) is 3.60. The minimum atomic E-state index is 0.600. The second-order valence-corrected chi connectivity index (χ2v) is 3.60. The smallest absolute Gasteiger partial charge is 0.119 e. The zero-order chi connectivity index (χ0) is 9.10. The van der Waals surface area contributed by atoms with Gasteiger partial charge in [0.2, 0.25) is 0 Å². The monoisotopic (exact) mass is 177 g/mol. The molecule has 13 heavy (non-hydrogen) atoms. The highest BCUT2D eigenvalue weighted by molar-refractivity contribution is 5.27. The third-order valence-corrected chi connectivity index (χ3v) is 2.34. The highest BCUT2D eigenvalue weighted by Crippen LogP contribution is 2.29. The summed E-state index contributed by atoms with van der Waals surface area (Å²) in [4.78, 5) is 0. The molecule has 0 saturated heterocycles. The van der Waals surface area contributed by atoms with Gasteiger partial charge in [-0.2, -0.15) is 0 Å². The molecule has 1 aromatic carbocycles. The summed E-state index contributed by atoms with van der Waals surface area (Å²) in [6, 6.07) is 8.01. The fourth-order valence-electron chi connectivity index (χ4n) is 1.22. The van der Waals surface area contributed by atoms with Crippen LogP contribution in [0.5, 0.6) is 5.75 Å². The van der Waals surface area contributed by atoms with Crippen molar-refractivity contribution < 1.29 is 4.74 Å². The molecule has 0 atom stereocenters. The topological polar surface area (TPSA) is 35.2 Å². The molecule has 1 saturated carbocycles. The number of ether oxygens (including phenoxy) is 1. The molecule has 1 aliphatic rings. The largest absolute Gasteiger partial charge is 0.493 e. The molecule has 0 aromatic heterocycles. The quantitative estimate of drug-likeness (QED) is 0.762. The van der Waals surface area contributed by atoms with Crippen molar-refractivity contribution in [2.75, 3.05) is 6.61 Å². The van der Waals surface area contributed by atoms with E-state index in [-0.39, 0.29) is 0 Å². The summed E-state index contributed by atoms with van der Waals surface area (Å²) in [7, 11) is 0. The molecule has 0 bridgehead atoms. The van der Waals surface area contributed by atoms with Crippen molar-refractivity contribution in [1.82, 2.24) is 0 Å². The van der Waals surface area contributed by atoms with E-state index in [2.05, 4.69) is 0 Å². The van der Waals surface area contributed by atoms with Gasteiger partial charge >= 0.3 is 0 Å². The molecule has 2 heteroatoms. The molecule has 0 aliphatic heterocycles. The molecule has 0 radical (unpaired) electrons. The van der Waals surface area contributed by atoms with E-state index in [9.17, 15) is 0 Å². The predicted molar refractivity (Wildman–Crippen MR) is 52.6 cm³/mol. The Morgan fingerprint density at radius 3 is 2.46 bits per heavy atom. The Morgan fingerprint density at radius 2 is 1.92 bits per heavy atom. The highest BCUT2D eigenvalue weighted by atomic mass is 16.5. The maximum atomic E-state index is 5.59. The van der Waals surface area contributed by atoms with E-state index in [1.165, 1.54) is 12.8 Å². The summed E-state index contributed by atoms with van der Waals surface area (Å²) in [5.41, 5.74) is 6.64. The average Bonchev–Trinajstić information content (AvgIpc) is 2.99. The molecule has 1 aromatic rings. The maximum Gasteiger partial charge on any atom is 0.119 e. The van der Waals surface area contributed by atoms with Crippen LogP contribution in [0.25, 0.3) is 0 Å². The van der Waals surface area contributed by atoms with E-state index in [1.54, 1.807) is 0 Å². The van der Waals surface area contributed by atoms with Gasteiger partial charge in [0, 0.05) is 6.54 Å². The van der Waals surface area contributed by atoms with Crippen LogP contribution in [0.3, 0.4) is 0 Å². The fourth-order valence-corrected chi connectivity index (χ4v) is 1.22. The fraction of sp³-hybridized carbons (Fsp3) is 0.455. The van der Waals surface area contributed by atoms with Crippen LogP contribution >= 0.6 is 0 Å². The Kier molecular flexibility index (Phi) is 2.50. The Morgan fingerprint density at radius 1 is 1.23 bits per heavy atom. The van der Waals surface area contributed by atoms with Crippen LogP contribution in [0.4, 0.5) is 0 Å². The molecule has 0 spiro atoms. The van der Waals surface area contributed by atoms with Gasteiger partial charge in [0.15, 0.2) is 0 Å². The first-order chi connectivity index (χ1) is 6.38. The van der Waals surface area contributed by atoms with Crippen molar-refractivity contribution in [3.05, 3.63) is 29.8 Å². The number of hydrogen-bond acceptors (Lipinski definition) is 2. The Bertz CT molecular complexity index is 264. The number of hydrogen-bond donors (Lipinski definition) is 1. The zero-order valence-electron chi connectivity index (χ0n) is 7.70. The predicted octanol–water partition coefficient (Wildman–Crippen LogP) is 1.93. The summed E-state index contributed by atoms with van der Waals surface area (Å²) in [6.07, 6.45) is 2.67. The van der Waals surface area contributed by atoms with Gasteiger partial charge in [0.1, 0.15) is 5.75 Å². The zero-order valence-corrected chi connectivity index (χ0v) is 7.70. The average molecular weight is 177 g/mol. The summed E-state index contributed by atoms with van der Waals surface area (Å²) >= 11 is 0. The lowest BCUT2D eigenvalue weighted by molar-refractivity contribution is 0.299. The van der Waals surface area contributed by atoms with Crippen LogP contribution in [-0.4, -0.2) is 6.61 Å². The summed E-state index contributed by atoms with van der Waals surface area (Å²) < 4.78 is 5.59. The number of benzene rings is 1. The number of nitrogens with two attached hydrogens (primary N) is 1.